The topological polar surface area (TPSA) is 90.1 Å². The van der Waals surface area contributed by atoms with E-state index in [0.717, 1.165) is 6.42 Å². The summed E-state index contributed by atoms with van der Waals surface area (Å²) in [6.45, 7) is 4.38. The van der Waals surface area contributed by atoms with Gasteiger partial charge in [0.15, 0.2) is 0 Å². The van der Waals surface area contributed by atoms with Crippen molar-refractivity contribution in [1.82, 2.24) is 5.43 Å². The molecule has 0 saturated heterocycles. The van der Waals surface area contributed by atoms with Crippen LogP contribution in [0.15, 0.2) is 0 Å². The molecule has 0 aliphatic rings. The van der Waals surface area contributed by atoms with Crippen LogP contribution in [-0.2, 0) is 0 Å². The third-order valence-corrected chi connectivity index (χ3v) is 2.15. The lowest BCUT2D eigenvalue weighted by Crippen LogP contribution is -2.63. The van der Waals surface area contributed by atoms with Crippen molar-refractivity contribution in [3.63, 3.8) is 0 Å². The molecule has 0 aromatic rings. The third kappa shape index (κ3) is 1.67. The smallest absolute Gasteiger partial charge is 0.0588 e. The van der Waals surface area contributed by atoms with Crippen LogP contribution >= 0.6 is 0 Å². The predicted molar refractivity (Wildman–Crippen MR) is 43.0 cm³/mol. The maximum Gasteiger partial charge on any atom is 0.0588 e. The van der Waals surface area contributed by atoms with Gasteiger partial charge in [0.1, 0.15) is 0 Å². The first-order chi connectivity index (χ1) is 4.63. The van der Waals surface area contributed by atoms with E-state index in [-0.39, 0.29) is 11.6 Å². The lowest BCUT2D eigenvalue weighted by atomic mass is 9.90. The van der Waals surface area contributed by atoms with Crippen molar-refractivity contribution in [2.45, 2.75) is 31.8 Å². The molecule has 0 aromatic carbocycles. The molecular formula is C6H18N4. The molecule has 0 aliphatic heterocycles. The molecule has 0 bridgehead atoms. The van der Waals surface area contributed by atoms with Crippen molar-refractivity contribution >= 4 is 0 Å². The summed E-state index contributed by atoms with van der Waals surface area (Å²) in [6, 6.07) is -0.0208. The molecule has 0 saturated carbocycles. The first-order valence-electron chi connectivity index (χ1n) is 3.56. The number of hydrogen-bond donors (Lipinski definition) is 4. The van der Waals surface area contributed by atoms with Crippen molar-refractivity contribution in [2.75, 3.05) is 6.54 Å². The normalized spacial score (nSPS) is 20.1. The Labute approximate surface area is 62.1 Å². The number of rotatable bonds is 4. The molecule has 2 atom stereocenters. The van der Waals surface area contributed by atoms with E-state index in [0.29, 0.717) is 6.54 Å². The van der Waals surface area contributed by atoms with Crippen LogP contribution in [0.5, 0.6) is 0 Å². The lowest BCUT2D eigenvalue weighted by molar-refractivity contribution is 0.278. The van der Waals surface area contributed by atoms with E-state index in [4.69, 9.17) is 17.3 Å². The Kier molecular flexibility index (Phi) is 3.81. The van der Waals surface area contributed by atoms with Gasteiger partial charge in [0.05, 0.1) is 5.54 Å². The summed E-state index contributed by atoms with van der Waals surface area (Å²) in [5.41, 5.74) is 13.6. The molecule has 4 heteroatoms. The fraction of sp³-hybridized carbons (Fsp3) is 1.00. The van der Waals surface area contributed by atoms with Crippen molar-refractivity contribution in [3.8, 4) is 0 Å². The number of nitrogens with two attached hydrogens (primary N) is 3. The van der Waals surface area contributed by atoms with Gasteiger partial charge in [-0.25, -0.2) is 0 Å². The molecular weight excluding hydrogens is 128 g/mol. The minimum absolute atomic E-state index is 0.0208. The highest BCUT2D eigenvalue weighted by Gasteiger charge is 2.28. The lowest BCUT2D eigenvalue weighted by Gasteiger charge is -2.34. The van der Waals surface area contributed by atoms with E-state index in [1.807, 2.05) is 13.8 Å². The molecule has 62 valence electrons. The molecule has 0 heterocycles. The second kappa shape index (κ2) is 3.88. The first-order valence-corrected chi connectivity index (χ1v) is 3.56. The maximum absolute atomic E-state index is 5.68. The van der Waals surface area contributed by atoms with Crippen molar-refractivity contribution in [1.29, 1.82) is 0 Å². The zero-order chi connectivity index (χ0) is 8.20. The zero-order valence-electron chi connectivity index (χ0n) is 6.72. The highest BCUT2D eigenvalue weighted by Crippen LogP contribution is 2.09. The summed E-state index contributed by atoms with van der Waals surface area (Å²) in [5, 5.41) is 0. The molecule has 2 unspecified atom stereocenters. The van der Waals surface area contributed by atoms with Crippen LogP contribution in [0.3, 0.4) is 0 Å². The van der Waals surface area contributed by atoms with Crippen LogP contribution in [0.1, 0.15) is 20.3 Å². The Hall–Kier alpha value is -0.160. The Bertz CT molecular complexity index is 79.5. The number of nitrogens with one attached hydrogen (secondary N) is 1. The molecule has 10 heavy (non-hydrogen) atoms. The van der Waals surface area contributed by atoms with Crippen LogP contribution in [0.4, 0.5) is 0 Å². The first kappa shape index (κ1) is 9.84. The Morgan fingerprint density at radius 2 is 2.10 bits per heavy atom. The van der Waals surface area contributed by atoms with Crippen LogP contribution < -0.4 is 22.7 Å². The Morgan fingerprint density at radius 3 is 2.10 bits per heavy atom. The molecule has 0 aromatic heterocycles. The van der Waals surface area contributed by atoms with Crippen molar-refractivity contribution < 1.29 is 0 Å². The second-order valence-electron chi connectivity index (χ2n) is 2.65. The molecule has 0 amide bonds. The van der Waals surface area contributed by atoms with E-state index in [1.54, 1.807) is 0 Å². The summed E-state index contributed by atoms with van der Waals surface area (Å²) < 4.78 is 0. The van der Waals surface area contributed by atoms with Gasteiger partial charge in [0.25, 0.3) is 0 Å². The highest BCUT2D eigenvalue weighted by atomic mass is 15.3. The summed E-state index contributed by atoms with van der Waals surface area (Å²) in [4.78, 5) is 0. The fourth-order valence-corrected chi connectivity index (χ4v) is 0.945. The molecule has 0 rings (SSSR count). The Balaban J connectivity index is 4.15. The summed E-state index contributed by atoms with van der Waals surface area (Å²) in [7, 11) is 0. The maximum atomic E-state index is 5.68. The molecule has 0 spiro atoms. The standard InChI is InChI=1S/C6H18N4/c1-3-6(4-7,10-9)5(2)8/h5,10H,3-4,7-9H2,1-2H3. The average molecular weight is 146 g/mol. The van der Waals surface area contributed by atoms with Gasteiger partial charge < -0.3 is 11.5 Å². The van der Waals surface area contributed by atoms with Crippen LogP contribution in [0.2, 0.25) is 0 Å². The molecule has 7 N–H and O–H groups in total. The van der Waals surface area contributed by atoms with E-state index >= 15 is 0 Å². The van der Waals surface area contributed by atoms with Gasteiger partial charge in [-0.3, -0.25) is 11.3 Å². The highest BCUT2D eigenvalue weighted by molar-refractivity contribution is 4.93. The van der Waals surface area contributed by atoms with Crippen LogP contribution in [0.25, 0.3) is 0 Å². The summed E-state index contributed by atoms with van der Waals surface area (Å²) >= 11 is 0. The van der Waals surface area contributed by atoms with Crippen LogP contribution in [-0.4, -0.2) is 18.1 Å². The minimum Gasteiger partial charge on any atom is -0.329 e. The summed E-state index contributed by atoms with van der Waals surface area (Å²) in [6.07, 6.45) is 0.845. The zero-order valence-corrected chi connectivity index (χ0v) is 6.72. The van der Waals surface area contributed by atoms with Gasteiger partial charge in [-0.2, -0.15) is 0 Å². The second-order valence-corrected chi connectivity index (χ2v) is 2.65. The van der Waals surface area contributed by atoms with Crippen molar-refractivity contribution in [2.24, 2.45) is 17.3 Å². The monoisotopic (exact) mass is 146 g/mol. The van der Waals surface area contributed by atoms with Crippen molar-refractivity contribution in [3.05, 3.63) is 0 Å². The predicted octanol–water partition coefficient (Wildman–Crippen LogP) is -1.10. The quantitative estimate of drug-likeness (QED) is 0.299. The van der Waals surface area contributed by atoms with Gasteiger partial charge >= 0.3 is 0 Å². The van der Waals surface area contributed by atoms with Gasteiger partial charge in [0.2, 0.25) is 0 Å². The van der Waals surface area contributed by atoms with Gasteiger partial charge in [0, 0.05) is 12.6 Å². The summed E-state index contributed by atoms with van der Waals surface area (Å²) in [5.74, 6) is 5.32. The number of hydrazine groups is 1. The van der Waals surface area contributed by atoms with Gasteiger partial charge in [-0.1, -0.05) is 6.92 Å². The van der Waals surface area contributed by atoms with Crippen LogP contribution in [0, 0.1) is 0 Å². The number of hydrogen-bond acceptors (Lipinski definition) is 4. The fourth-order valence-electron chi connectivity index (χ4n) is 0.945. The largest absolute Gasteiger partial charge is 0.329 e. The van der Waals surface area contributed by atoms with E-state index in [1.165, 1.54) is 0 Å². The minimum atomic E-state index is -0.292. The molecule has 0 radical (unpaired) electrons. The molecule has 0 fully saturated rings. The Morgan fingerprint density at radius 1 is 1.60 bits per heavy atom. The average Bonchev–Trinajstić information content (AvgIpc) is 1.92. The van der Waals surface area contributed by atoms with Gasteiger partial charge in [-0.15, -0.1) is 0 Å². The van der Waals surface area contributed by atoms with Gasteiger partial charge in [-0.05, 0) is 13.3 Å². The van der Waals surface area contributed by atoms with E-state index < -0.39 is 0 Å². The SMILES string of the molecule is CCC(CN)(NN)C(C)N. The molecule has 0 aliphatic carbocycles. The van der Waals surface area contributed by atoms with E-state index in [9.17, 15) is 0 Å². The van der Waals surface area contributed by atoms with E-state index in [2.05, 4.69) is 5.43 Å². The molecule has 4 nitrogen and oxygen atoms in total. The third-order valence-electron chi connectivity index (χ3n) is 2.15.